The zero-order valence-corrected chi connectivity index (χ0v) is 16.9. The van der Waals surface area contributed by atoms with Crippen molar-refractivity contribution < 1.29 is 13.7 Å². The summed E-state index contributed by atoms with van der Waals surface area (Å²) < 4.78 is 19.8. The minimum Gasteiger partial charge on any atom is -0.340 e. The molecule has 1 aromatic carbocycles. The molecule has 30 heavy (non-hydrogen) atoms. The topological polar surface area (TPSA) is 84.5 Å². The third-order valence-corrected chi connectivity index (χ3v) is 5.41. The Labute approximate surface area is 172 Å². The second-order valence-corrected chi connectivity index (χ2v) is 7.43. The van der Waals surface area contributed by atoms with E-state index in [0.29, 0.717) is 24.3 Å². The highest BCUT2D eigenvalue weighted by atomic mass is 19.1. The van der Waals surface area contributed by atoms with E-state index in [1.807, 2.05) is 4.90 Å². The van der Waals surface area contributed by atoms with Crippen molar-refractivity contribution in [2.45, 2.75) is 26.3 Å². The van der Waals surface area contributed by atoms with Gasteiger partial charge in [-0.25, -0.2) is 9.37 Å². The summed E-state index contributed by atoms with van der Waals surface area (Å²) in [5, 5.41) is 4.16. The first kappa shape index (κ1) is 20.2. The van der Waals surface area contributed by atoms with Crippen LogP contribution >= 0.6 is 0 Å². The second kappa shape index (κ2) is 8.74. The van der Waals surface area contributed by atoms with Crippen molar-refractivity contribution in [3.05, 3.63) is 46.8 Å². The summed E-state index contributed by atoms with van der Waals surface area (Å²) in [6, 6.07) is 5.66. The molecule has 0 spiro atoms. The summed E-state index contributed by atoms with van der Waals surface area (Å²) in [5.74, 6) is -0.349. The molecule has 0 N–H and O–H groups in total. The number of piperazine rings is 1. The Morgan fingerprint density at radius 1 is 1.13 bits per heavy atom. The molecule has 0 atom stereocenters. The first-order valence-electron chi connectivity index (χ1n) is 10.2. The summed E-state index contributed by atoms with van der Waals surface area (Å²) >= 11 is 0. The molecule has 2 aromatic heterocycles. The van der Waals surface area contributed by atoms with Crippen molar-refractivity contribution in [3.63, 3.8) is 0 Å². The number of benzene rings is 1. The maximum atomic E-state index is 13.2. The van der Waals surface area contributed by atoms with Gasteiger partial charge < -0.3 is 9.42 Å². The molecular formula is C21H24FN5O3. The monoisotopic (exact) mass is 413 g/mol. The Bertz CT molecular complexity index is 1080. The molecule has 0 aliphatic carbocycles. The van der Waals surface area contributed by atoms with E-state index >= 15 is 0 Å². The van der Waals surface area contributed by atoms with Gasteiger partial charge in [0, 0.05) is 44.7 Å². The van der Waals surface area contributed by atoms with E-state index in [-0.39, 0.29) is 41.3 Å². The number of carbonyl (C=O) groups is 1. The molecule has 0 radical (unpaired) electrons. The summed E-state index contributed by atoms with van der Waals surface area (Å²) in [7, 11) is 0. The average molecular weight is 413 g/mol. The van der Waals surface area contributed by atoms with Crippen LogP contribution in [-0.4, -0.2) is 63.1 Å². The van der Waals surface area contributed by atoms with Crippen molar-refractivity contribution in [1.29, 1.82) is 0 Å². The number of nitrogens with zero attached hydrogens (tertiary/aromatic N) is 5. The van der Waals surface area contributed by atoms with Crippen LogP contribution in [0.15, 0.2) is 39.9 Å². The highest BCUT2D eigenvalue weighted by Gasteiger charge is 2.21. The van der Waals surface area contributed by atoms with Gasteiger partial charge >= 0.3 is 0 Å². The predicted octanol–water partition coefficient (Wildman–Crippen LogP) is 2.13. The van der Waals surface area contributed by atoms with Gasteiger partial charge in [0.15, 0.2) is 0 Å². The predicted molar refractivity (Wildman–Crippen MR) is 109 cm³/mol. The van der Waals surface area contributed by atoms with Gasteiger partial charge in [0.05, 0.1) is 0 Å². The Morgan fingerprint density at radius 2 is 1.87 bits per heavy atom. The van der Waals surface area contributed by atoms with Crippen molar-refractivity contribution >= 4 is 17.0 Å². The minimum absolute atomic E-state index is 0.0298. The minimum atomic E-state index is -0.379. The molecule has 3 heterocycles. The van der Waals surface area contributed by atoms with Gasteiger partial charge in [-0.15, -0.1) is 0 Å². The molecule has 9 heteroatoms. The molecular weight excluding hydrogens is 389 g/mol. The van der Waals surface area contributed by atoms with Crippen LogP contribution in [0.2, 0.25) is 0 Å². The number of hydrogen-bond donors (Lipinski definition) is 0. The van der Waals surface area contributed by atoms with Crippen LogP contribution in [0.3, 0.4) is 0 Å². The van der Waals surface area contributed by atoms with E-state index in [1.165, 1.54) is 35.2 Å². The zero-order chi connectivity index (χ0) is 21.1. The fourth-order valence-electron chi connectivity index (χ4n) is 3.76. The maximum absolute atomic E-state index is 13.2. The van der Waals surface area contributed by atoms with Crippen LogP contribution in [0.5, 0.6) is 0 Å². The quantitative estimate of drug-likeness (QED) is 0.616. The normalized spacial score (nSPS) is 15.1. The van der Waals surface area contributed by atoms with Gasteiger partial charge in [-0.1, -0.05) is 12.1 Å². The van der Waals surface area contributed by atoms with E-state index in [2.05, 4.69) is 22.0 Å². The molecule has 0 bridgehead atoms. The maximum Gasteiger partial charge on any atom is 0.266 e. The van der Waals surface area contributed by atoms with Crippen LogP contribution in [-0.2, 0) is 11.3 Å². The summed E-state index contributed by atoms with van der Waals surface area (Å²) in [5.41, 5.74) is 0.665. The van der Waals surface area contributed by atoms with E-state index in [4.69, 9.17) is 4.52 Å². The van der Waals surface area contributed by atoms with Gasteiger partial charge in [0.2, 0.25) is 5.91 Å². The lowest BCUT2D eigenvalue weighted by Crippen LogP contribution is -2.49. The first-order valence-corrected chi connectivity index (χ1v) is 10.2. The van der Waals surface area contributed by atoms with Crippen molar-refractivity contribution in [1.82, 2.24) is 24.5 Å². The highest BCUT2D eigenvalue weighted by molar-refractivity contribution is 5.88. The molecule has 0 saturated carbocycles. The van der Waals surface area contributed by atoms with Crippen molar-refractivity contribution in [3.8, 4) is 11.3 Å². The number of fused-ring (bicyclic) bond motifs is 1. The summed E-state index contributed by atoms with van der Waals surface area (Å²) in [6.45, 7) is 6.62. The number of amides is 1. The number of hydrogen-bond acceptors (Lipinski definition) is 6. The molecule has 4 rings (SSSR count). The zero-order valence-electron chi connectivity index (χ0n) is 16.9. The largest absolute Gasteiger partial charge is 0.340 e. The van der Waals surface area contributed by atoms with Gasteiger partial charge in [-0.05, 0) is 37.2 Å². The van der Waals surface area contributed by atoms with Crippen molar-refractivity contribution in [2.75, 3.05) is 32.7 Å². The van der Waals surface area contributed by atoms with Crippen LogP contribution in [0.25, 0.3) is 22.4 Å². The van der Waals surface area contributed by atoms with Gasteiger partial charge in [0.1, 0.15) is 23.2 Å². The molecule has 0 unspecified atom stereocenters. The van der Waals surface area contributed by atoms with Crippen LogP contribution in [0, 0.1) is 5.82 Å². The lowest BCUT2D eigenvalue weighted by Gasteiger charge is -2.34. The first-order chi connectivity index (χ1) is 14.6. The Balaban J connectivity index is 1.48. The number of carbonyl (C=O) groups excluding carboxylic acids is 1. The molecule has 3 aromatic rings. The number of halogens is 1. The summed E-state index contributed by atoms with van der Waals surface area (Å²) in [6.07, 6.45) is 2.70. The van der Waals surface area contributed by atoms with Crippen LogP contribution in [0.4, 0.5) is 4.39 Å². The van der Waals surface area contributed by atoms with E-state index < -0.39 is 0 Å². The Hall–Kier alpha value is -3.07. The lowest BCUT2D eigenvalue weighted by atomic mass is 10.1. The molecule has 1 aliphatic heterocycles. The van der Waals surface area contributed by atoms with E-state index in [0.717, 1.165) is 26.1 Å². The smallest absolute Gasteiger partial charge is 0.266 e. The van der Waals surface area contributed by atoms with E-state index in [9.17, 15) is 14.0 Å². The lowest BCUT2D eigenvalue weighted by molar-refractivity contribution is -0.133. The number of aryl methyl sites for hydroxylation is 1. The van der Waals surface area contributed by atoms with Gasteiger partial charge in [0.25, 0.3) is 11.3 Å². The molecule has 1 aliphatic rings. The molecule has 1 fully saturated rings. The van der Waals surface area contributed by atoms with Gasteiger partial charge in [-0.3, -0.25) is 19.1 Å². The van der Waals surface area contributed by atoms with Crippen LogP contribution in [0.1, 0.15) is 19.8 Å². The molecule has 1 saturated heterocycles. The number of aromatic nitrogens is 3. The molecule has 8 nitrogen and oxygen atoms in total. The Morgan fingerprint density at radius 3 is 2.57 bits per heavy atom. The fraction of sp³-hybridized carbons (Fsp3) is 0.429. The standard InChI is InChI=1S/C21H24FN5O3/c1-2-8-25-10-12-26(13-11-25)17(28)7-9-27-14-23-20-18(21(27)29)19(24-30-20)15-3-5-16(22)6-4-15/h3-6,14H,2,7-13H2,1H3. The highest BCUT2D eigenvalue weighted by Crippen LogP contribution is 2.24. The Kier molecular flexibility index (Phi) is 5.89. The SMILES string of the molecule is CCCN1CCN(C(=O)CCn2cnc3onc(-c4ccc(F)cc4)c3c2=O)CC1. The van der Waals surface area contributed by atoms with Gasteiger partial charge in [-0.2, -0.15) is 0 Å². The average Bonchev–Trinajstić information content (AvgIpc) is 3.19. The molecule has 1 amide bonds. The third-order valence-electron chi connectivity index (χ3n) is 5.41. The summed E-state index contributed by atoms with van der Waals surface area (Å²) in [4.78, 5) is 33.9. The van der Waals surface area contributed by atoms with E-state index in [1.54, 1.807) is 0 Å². The second-order valence-electron chi connectivity index (χ2n) is 7.43. The number of rotatable bonds is 6. The molecule has 158 valence electrons. The van der Waals surface area contributed by atoms with Crippen LogP contribution < -0.4 is 5.56 Å². The fourth-order valence-corrected chi connectivity index (χ4v) is 3.76. The van der Waals surface area contributed by atoms with Crippen molar-refractivity contribution in [2.24, 2.45) is 0 Å². The third kappa shape index (κ3) is 4.11.